The molecule has 0 radical (unpaired) electrons. The summed E-state index contributed by atoms with van der Waals surface area (Å²) in [6.45, 7) is 5.18. The highest BCUT2D eigenvalue weighted by molar-refractivity contribution is 9.24. The Labute approximate surface area is 162 Å². The smallest absolute Gasteiger partial charge is 0.339 e. The first-order valence-electron chi connectivity index (χ1n) is 8.13. The van der Waals surface area contributed by atoms with Gasteiger partial charge in [-0.1, -0.05) is 37.9 Å². The van der Waals surface area contributed by atoms with E-state index in [0.29, 0.717) is 5.56 Å². The van der Waals surface area contributed by atoms with Crippen molar-refractivity contribution >= 4 is 37.8 Å². The Morgan fingerprint density at radius 1 is 1.24 bits per heavy atom. The van der Waals surface area contributed by atoms with E-state index in [4.69, 9.17) is 4.74 Å². The number of carbonyl (C=O) groups is 1. The molecule has 0 N–H and O–H groups in total. The van der Waals surface area contributed by atoms with E-state index >= 15 is 0 Å². The quantitative estimate of drug-likeness (QED) is 0.345. The topological polar surface area (TPSA) is 26.3 Å². The Balaban J connectivity index is 2.51. The van der Waals surface area contributed by atoms with Gasteiger partial charge in [0, 0.05) is 18.4 Å². The molecule has 1 fully saturated rings. The van der Waals surface area contributed by atoms with Gasteiger partial charge in [-0.2, -0.15) is 0 Å². The first-order chi connectivity index (χ1) is 11.4. The van der Waals surface area contributed by atoms with Gasteiger partial charge in [0.25, 0.3) is 0 Å². The molecule has 0 amide bonds. The van der Waals surface area contributed by atoms with Crippen molar-refractivity contribution in [3.63, 3.8) is 0 Å². The van der Waals surface area contributed by atoms with Gasteiger partial charge in [0.15, 0.2) is 0 Å². The molecule has 0 spiro atoms. The van der Waals surface area contributed by atoms with Crippen molar-refractivity contribution in [1.29, 1.82) is 0 Å². The van der Waals surface area contributed by atoms with Crippen LogP contribution in [0, 0.1) is 5.82 Å². The van der Waals surface area contributed by atoms with E-state index in [1.807, 2.05) is 0 Å². The lowest BCUT2D eigenvalue weighted by Crippen LogP contribution is -2.28. The van der Waals surface area contributed by atoms with Crippen LogP contribution in [0.3, 0.4) is 0 Å². The van der Waals surface area contributed by atoms with Crippen LogP contribution in [0.4, 0.5) is 13.2 Å². The molecule has 1 aliphatic carbocycles. The van der Waals surface area contributed by atoms with Crippen molar-refractivity contribution in [3.8, 4) is 0 Å². The monoisotopic (exact) mass is 484 g/mol. The molecule has 25 heavy (non-hydrogen) atoms. The summed E-state index contributed by atoms with van der Waals surface area (Å²) in [5.74, 6) is -4.34. The van der Waals surface area contributed by atoms with E-state index in [1.165, 1.54) is 12.1 Å². The molecule has 0 aromatic heterocycles. The fraction of sp³-hybridized carbons (Fsp3) is 0.611. The lowest BCUT2D eigenvalue weighted by atomic mass is 9.79. The van der Waals surface area contributed by atoms with E-state index in [-0.39, 0.29) is 40.5 Å². The van der Waals surface area contributed by atoms with Gasteiger partial charge in [-0.15, -0.1) is 0 Å². The molecule has 0 bridgehead atoms. The van der Waals surface area contributed by atoms with Crippen LogP contribution in [-0.4, -0.2) is 17.5 Å². The molecule has 0 atom stereocenters. The van der Waals surface area contributed by atoms with Gasteiger partial charge in [0.1, 0.15) is 11.4 Å². The SMILES string of the molecule is CC(C)(C)OC(=O)c1c(C(Br)Br)ccc(F)c1C1CCC(F)(F)CC1. The number of hydrogen-bond acceptors (Lipinski definition) is 2. The van der Waals surface area contributed by atoms with E-state index < -0.39 is 29.2 Å². The van der Waals surface area contributed by atoms with Crippen molar-refractivity contribution in [2.45, 2.75) is 67.6 Å². The molecule has 1 aromatic carbocycles. The average molecular weight is 486 g/mol. The Hall–Kier alpha value is -0.560. The lowest BCUT2D eigenvalue weighted by Gasteiger charge is -2.31. The largest absolute Gasteiger partial charge is 0.456 e. The van der Waals surface area contributed by atoms with E-state index in [0.717, 1.165) is 0 Å². The summed E-state index contributed by atoms with van der Waals surface area (Å²) in [5.41, 5.74) is 0.101. The maximum atomic E-state index is 14.6. The molecule has 0 saturated heterocycles. The summed E-state index contributed by atoms with van der Waals surface area (Å²) in [4.78, 5) is 12.7. The van der Waals surface area contributed by atoms with Gasteiger partial charge >= 0.3 is 5.97 Å². The summed E-state index contributed by atoms with van der Waals surface area (Å²) in [5, 5.41) is 0. The zero-order chi connectivity index (χ0) is 19.0. The zero-order valence-corrected chi connectivity index (χ0v) is 17.5. The van der Waals surface area contributed by atoms with Crippen molar-refractivity contribution in [2.75, 3.05) is 0 Å². The van der Waals surface area contributed by atoms with Crippen LogP contribution in [0.1, 0.15) is 77.6 Å². The van der Waals surface area contributed by atoms with Crippen LogP contribution in [0.5, 0.6) is 0 Å². The second-order valence-corrected chi connectivity index (χ2v) is 10.4. The fourth-order valence-electron chi connectivity index (χ4n) is 3.08. The predicted octanol–water partition coefficient (Wildman–Crippen LogP) is 6.86. The number of benzene rings is 1. The molecule has 1 saturated carbocycles. The molecule has 0 heterocycles. The second-order valence-electron chi connectivity index (χ2n) is 7.36. The normalized spacial score (nSPS) is 18.4. The van der Waals surface area contributed by atoms with Crippen LogP contribution in [0.25, 0.3) is 0 Å². The number of ether oxygens (including phenoxy) is 1. The van der Waals surface area contributed by atoms with E-state index in [1.54, 1.807) is 20.8 Å². The van der Waals surface area contributed by atoms with Crippen molar-refractivity contribution in [1.82, 2.24) is 0 Å². The van der Waals surface area contributed by atoms with Crippen molar-refractivity contribution in [2.24, 2.45) is 0 Å². The molecule has 140 valence electrons. The van der Waals surface area contributed by atoms with Crippen molar-refractivity contribution < 1.29 is 22.7 Å². The minimum atomic E-state index is -2.72. The maximum absolute atomic E-state index is 14.6. The molecule has 0 unspecified atom stereocenters. The number of esters is 1. The first-order valence-corrected chi connectivity index (χ1v) is 9.96. The summed E-state index contributed by atoms with van der Waals surface area (Å²) >= 11 is 6.70. The minimum Gasteiger partial charge on any atom is -0.456 e. The summed E-state index contributed by atoms with van der Waals surface area (Å²) in [7, 11) is 0. The average Bonchev–Trinajstić information content (AvgIpc) is 2.45. The Bertz CT molecular complexity index is 644. The summed E-state index contributed by atoms with van der Waals surface area (Å²) in [6.07, 6.45) is -0.334. The van der Waals surface area contributed by atoms with Gasteiger partial charge in [-0.3, -0.25) is 0 Å². The third-order valence-electron chi connectivity index (χ3n) is 4.19. The highest BCUT2D eigenvalue weighted by atomic mass is 79.9. The molecule has 2 nitrogen and oxygen atoms in total. The van der Waals surface area contributed by atoms with Gasteiger partial charge in [-0.25, -0.2) is 18.0 Å². The van der Waals surface area contributed by atoms with Gasteiger partial charge in [-0.05, 0) is 51.2 Å². The Morgan fingerprint density at radius 2 is 1.80 bits per heavy atom. The Kier molecular flexibility index (Phi) is 6.30. The summed E-state index contributed by atoms with van der Waals surface area (Å²) in [6, 6.07) is 2.78. The molecule has 1 aliphatic rings. The highest BCUT2D eigenvalue weighted by Gasteiger charge is 2.38. The van der Waals surface area contributed by atoms with E-state index in [9.17, 15) is 18.0 Å². The third kappa shape index (κ3) is 5.22. The summed E-state index contributed by atoms with van der Waals surface area (Å²) < 4.78 is 46.7. The number of halogens is 5. The lowest BCUT2D eigenvalue weighted by molar-refractivity contribution is -0.0385. The standard InChI is InChI=1S/C18H21Br2F3O2/c1-17(2,3)25-16(24)14-11(15(19)20)4-5-12(21)13(14)10-6-8-18(22,23)9-7-10/h4-5,10,15H,6-9H2,1-3H3. The number of hydrogen-bond donors (Lipinski definition) is 0. The second kappa shape index (κ2) is 7.59. The van der Waals surface area contributed by atoms with Gasteiger partial charge < -0.3 is 4.74 Å². The highest BCUT2D eigenvalue weighted by Crippen LogP contribution is 2.45. The van der Waals surface area contributed by atoms with Crippen molar-refractivity contribution in [3.05, 3.63) is 34.6 Å². The first kappa shape index (κ1) is 20.7. The number of alkyl halides is 4. The van der Waals surface area contributed by atoms with Gasteiger partial charge in [0.05, 0.1) is 9.30 Å². The number of carbonyl (C=O) groups excluding carboxylic acids is 1. The van der Waals surface area contributed by atoms with E-state index in [2.05, 4.69) is 31.9 Å². The Morgan fingerprint density at radius 3 is 2.28 bits per heavy atom. The minimum absolute atomic E-state index is 0.129. The molecule has 0 aliphatic heterocycles. The molecule has 2 rings (SSSR count). The predicted molar refractivity (Wildman–Crippen MR) is 98.3 cm³/mol. The van der Waals surface area contributed by atoms with Crippen LogP contribution in [0.15, 0.2) is 12.1 Å². The molecular weight excluding hydrogens is 465 g/mol. The fourth-order valence-corrected chi connectivity index (χ4v) is 3.84. The van der Waals surface area contributed by atoms with Crippen LogP contribution in [-0.2, 0) is 4.74 Å². The molecule has 1 aromatic rings. The molecular formula is C18H21Br2F3O2. The molecule has 7 heteroatoms. The maximum Gasteiger partial charge on any atom is 0.339 e. The van der Waals surface area contributed by atoms with Crippen LogP contribution < -0.4 is 0 Å². The van der Waals surface area contributed by atoms with Crippen LogP contribution >= 0.6 is 31.9 Å². The third-order valence-corrected chi connectivity index (χ3v) is 5.17. The van der Waals surface area contributed by atoms with Gasteiger partial charge in [0.2, 0.25) is 5.92 Å². The zero-order valence-electron chi connectivity index (χ0n) is 14.3. The number of rotatable bonds is 3. The van der Waals surface area contributed by atoms with Crippen LogP contribution in [0.2, 0.25) is 0 Å².